The number of Topliss-reactive ketones (excluding diaryl/α,β-unsaturated/α-hetero) is 2. The van der Waals surface area contributed by atoms with E-state index in [9.17, 15) is 47.9 Å². The number of hydrogen-bond acceptors (Lipinski definition) is 20. The molecule has 0 spiro atoms. The number of carbonyl (C=O) groups excluding carboxylic acids is 10. The van der Waals surface area contributed by atoms with Crippen molar-refractivity contribution in [1.82, 2.24) is 31.2 Å². The fourth-order valence-electron chi connectivity index (χ4n) is 16.4. The third-order valence-corrected chi connectivity index (χ3v) is 22.6. The van der Waals surface area contributed by atoms with E-state index < -0.39 is 130 Å². The van der Waals surface area contributed by atoms with E-state index in [0.29, 0.717) is 81.9 Å². The van der Waals surface area contributed by atoms with Gasteiger partial charge >= 0.3 is 23.9 Å². The first-order valence-corrected chi connectivity index (χ1v) is 42.6. The second kappa shape index (κ2) is 41.6. The van der Waals surface area contributed by atoms with Crippen molar-refractivity contribution in [3.05, 3.63) is 132 Å². The van der Waals surface area contributed by atoms with Gasteiger partial charge in [0.25, 0.3) is 0 Å². The molecule has 24 nitrogen and oxygen atoms in total. The molecule has 4 aliphatic carbocycles. The number of fused-ring (bicyclic) bond motifs is 2. The van der Waals surface area contributed by atoms with E-state index in [-0.39, 0.29) is 60.2 Å². The zero-order valence-corrected chi connectivity index (χ0v) is 73.4. The number of amides is 4. The fraction of sp³-hybridized carbons (Fsp3) is 0.542. The highest BCUT2D eigenvalue weighted by molar-refractivity contribution is 6.06. The molecular formula is C96H126N6O18. The Morgan fingerprint density at radius 1 is 0.433 bits per heavy atom. The molecule has 0 aliphatic heterocycles. The SMILES string of the molecule is CCC[C@H](CC(=O)[C@@H]1C[C@@H](Oc2cc(-c3ccccc3)nc3cc(OC)ccc23)C=C1C(=O)N[C@H](C(=O)N[C@H](C(=O)OC)C1CCCCC1)C(C)(C)C)C(=O)OC(C)(C)C.CCC[C@H](CC(=O)[C@H]1C[C@H](Oc2cc(-c3ccccc3)nc3cc(OC)ccc23)C=C1C(=O)N[C@H](C(=O)N[C@H](C(=O)OC)C1CCCCC1)C(C)(C)C)C(=O)OC(C)(C)C. The van der Waals surface area contributed by atoms with Crippen LogP contribution in [0, 0.1) is 46.3 Å². The molecule has 4 aromatic carbocycles. The summed E-state index contributed by atoms with van der Waals surface area (Å²) in [7, 11) is 5.78. The molecular weight excluding hydrogens is 1530 g/mol. The van der Waals surface area contributed by atoms with Crippen LogP contribution in [0.4, 0.5) is 0 Å². The zero-order valence-electron chi connectivity index (χ0n) is 73.4. The molecule has 4 N–H and O–H groups in total. The Morgan fingerprint density at radius 3 is 1.09 bits per heavy atom. The van der Waals surface area contributed by atoms with Crippen LogP contribution in [0.3, 0.4) is 0 Å². The lowest BCUT2D eigenvalue weighted by Gasteiger charge is -2.34. The summed E-state index contributed by atoms with van der Waals surface area (Å²) in [5.41, 5.74) is 1.55. The summed E-state index contributed by atoms with van der Waals surface area (Å²) in [5, 5.41) is 13.2. The average molecular weight is 1650 g/mol. The van der Waals surface area contributed by atoms with Crippen LogP contribution in [0.5, 0.6) is 23.0 Å². The molecule has 2 fully saturated rings. The van der Waals surface area contributed by atoms with Crippen molar-refractivity contribution in [1.29, 1.82) is 0 Å². The number of ether oxygens (including phenoxy) is 8. The summed E-state index contributed by atoms with van der Waals surface area (Å²) >= 11 is 0. The van der Waals surface area contributed by atoms with E-state index in [1.165, 1.54) is 14.2 Å². The Balaban J connectivity index is 0.000000273. The van der Waals surface area contributed by atoms with Crippen molar-refractivity contribution in [2.75, 3.05) is 28.4 Å². The first kappa shape index (κ1) is 93.3. The number of rotatable bonds is 32. The highest BCUT2D eigenvalue weighted by atomic mass is 16.6. The predicted molar refractivity (Wildman–Crippen MR) is 460 cm³/mol. The number of aromatic nitrogens is 2. The number of benzene rings is 4. The quantitative estimate of drug-likeness (QED) is 0.0225. The van der Waals surface area contributed by atoms with Crippen molar-refractivity contribution in [2.24, 2.45) is 46.3 Å². The van der Waals surface area contributed by atoms with Gasteiger partial charge in [-0.25, -0.2) is 19.6 Å². The number of esters is 4. The normalized spacial score (nSPS) is 18.7. The Morgan fingerprint density at radius 2 is 0.783 bits per heavy atom. The van der Waals surface area contributed by atoms with Gasteiger partial charge in [-0.2, -0.15) is 0 Å². The molecule has 24 heteroatoms. The molecule has 10 atom stereocenters. The summed E-state index contributed by atoms with van der Waals surface area (Å²) in [5.74, 6) is -6.10. The zero-order chi connectivity index (χ0) is 87.6. The molecule has 6 aromatic rings. The van der Waals surface area contributed by atoms with Gasteiger partial charge < -0.3 is 59.2 Å². The van der Waals surface area contributed by atoms with Crippen LogP contribution >= 0.6 is 0 Å². The van der Waals surface area contributed by atoms with Gasteiger partial charge in [-0.3, -0.25) is 38.4 Å². The van der Waals surface area contributed by atoms with Crippen LogP contribution < -0.4 is 40.2 Å². The van der Waals surface area contributed by atoms with Gasteiger partial charge in [-0.05, 0) is 139 Å². The maximum Gasteiger partial charge on any atom is 0.328 e. The number of carbonyl (C=O) groups is 10. The number of pyridine rings is 2. The van der Waals surface area contributed by atoms with Crippen LogP contribution in [-0.2, 0) is 66.9 Å². The molecule has 10 rings (SSSR count). The maximum absolute atomic E-state index is 14.6. The molecule has 2 heterocycles. The van der Waals surface area contributed by atoms with Gasteiger partial charge in [0.2, 0.25) is 23.6 Å². The van der Waals surface area contributed by atoms with Crippen molar-refractivity contribution in [2.45, 2.75) is 260 Å². The van der Waals surface area contributed by atoms with E-state index in [0.717, 1.165) is 75.3 Å². The smallest absolute Gasteiger partial charge is 0.328 e. The molecule has 120 heavy (non-hydrogen) atoms. The Bertz CT molecular complexity index is 4380. The van der Waals surface area contributed by atoms with Crippen molar-refractivity contribution >= 4 is 80.9 Å². The highest BCUT2D eigenvalue weighted by Gasteiger charge is 2.46. The summed E-state index contributed by atoms with van der Waals surface area (Å²) in [4.78, 5) is 149. The average Bonchev–Trinajstić information content (AvgIpc) is 1.32. The van der Waals surface area contributed by atoms with Crippen molar-refractivity contribution in [3.8, 4) is 45.5 Å². The van der Waals surface area contributed by atoms with E-state index in [4.69, 9.17) is 47.9 Å². The van der Waals surface area contributed by atoms with E-state index >= 15 is 0 Å². The van der Waals surface area contributed by atoms with Crippen molar-refractivity contribution < 1.29 is 85.8 Å². The minimum atomic E-state index is -1.08. The van der Waals surface area contributed by atoms with Gasteiger partial charge in [-0.15, -0.1) is 0 Å². The summed E-state index contributed by atoms with van der Waals surface area (Å²) in [6.45, 7) is 25.5. The van der Waals surface area contributed by atoms with Gasteiger partial charge in [-0.1, -0.05) is 167 Å². The molecule has 4 amide bonds. The minimum absolute atomic E-state index is 0.0854. The minimum Gasteiger partial charge on any atom is -0.497 e. The van der Waals surface area contributed by atoms with Gasteiger partial charge in [0.15, 0.2) is 0 Å². The highest BCUT2D eigenvalue weighted by Crippen LogP contribution is 2.42. The van der Waals surface area contributed by atoms with E-state index in [2.05, 4.69) is 21.3 Å². The molecule has 2 saturated carbocycles. The van der Waals surface area contributed by atoms with Crippen LogP contribution in [-0.4, -0.2) is 145 Å². The first-order valence-electron chi connectivity index (χ1n) is 42.6. The number of nitrogens with zero attached hydrogens (tertiary/aromatic N) is 2. The first-order chi connectivity index (χ1) is 56.8. The Hall–Kier alpha value is -10.5. The molecule has 2 aromatic heterocycles. The Labute approximate surface area is 707 Å². The fourth-order valence-corrected chi connectivity index (χ4v) is 16.4. The molecule has 0 unspecified atom stereocenters. The third kappa shape index (κ3) is 25.3. The predicted octanol–water partition coefficient (Wildman–Crippen LogP) is 16.2. The van der Waals surface area contributed by atoms with E-state index in [1.54, 1.807) is 67.9 Å². The van der Waals surface area contributed by atoms with Crippen LogP contribution in [0.15, 0.2) is 132 Å². The van der Waals surface area contributed by atoms with E-state index in [1.807, 2.05) is 165 Å². The van der Waals surface area contributed by atoms with Crippen LogP contribution in [0.2, 0.25) is 0 Å². The second-order valence-electron chi connectivity index (χ2n) is 36.4. The third-order valence-electron chi connectivity index (χ3n) is 22.6. The summed E-state index contributed by atoms with van der Waals surface area (Å²) in [6.07, 6.45) is 13.0. The monoisotopic (exact) mass is 1650 g/mol. The van der Waals surface area contributed by atoms with Gasteiger partial charge in [0, 0.05) is 83.0 Å². The van der Waals surface area contributed by atoms with Crippen LogP contribution in [0.25, 0.3) is 44.3 Å². The van der Waals surface area contributed by atoms with Crippen LogP contribution in [0.1, 0.15) is 213 Å². The number of nitrogens with one attached hydrogen (secondary N) is 4. The lowest BCUT2D eigenvalue weighted by Crippen LogP contribution is -2.58. The molecule has 0 bridgehead atoms. The number of hydrogen-bond donors (Lipinski definition) is 4. The number of ketones is 2. The van der Waals surface area contributed by atoms with Gasteiger partial charge in [0.05, 0.1) is 74.5 Å². The lowest BCUT2D eigenvalue weighted by atomic mass is 9.82. The molecule has 4 aliphatic rings. The molecule has 0 saturated heterocycles. The molecule has 0 radical (unpaired) electrons. The second-order valence-corrected chi connectivity index (χ2v) is 36.4. The Kier molecular flexibility index (Phi) is 32.4. The summed E-state index contributed by atoms with van der Waals surface area (Å²) in [6, 6.07) is 30.2. The standard InChI is InChI=1S/2C48H63N3O9/c2*1-10-17-31(45(55)60-48(5,6)7)24-39(52)35-25-33(59-40-28-37(29-18-13-11-14-19-29)49-38-27-32(57-8)22-23-34(38)40)26-36(35)43(53)51-42(47(2,3)4)44(54)50-41(46(56)58-9)30-20-15-12-16-21-30/h2*11,13-14,18-19,22-23,26-28,30-31,33,35,41-42H,10,12,15-17,20-21,24-25H2,1-9H3,(H,50,54)(H,51,53)/t31-,33+,35+,41+,42-;31-,33-,35-,41+,42-/m11/s1. The number of methoxy groups -OCH3 is 4. The van der Waals surface area contributed by atoms with Crippen molar-refractivity contribution in [3.63, 3.8) is 0 Å². The molecule has 648 valence electrons. The summed E-state index contributed by atoms with van der Waals surface area (Å²) < 4.78 is 46.1. The largest absolute Gasteiger partial charge is 0.497 e. The maximum atomic E-state index is 14.6. The topological polar surface area (TPSA) is 318 Å². The van der Waals surface area contributed by atoms with Gasteiger partial charge in [0.1, 0.15) is 82.1 Å². The lowest BCUT2D eigenvalue weighted by molar-refractivity contribution is -0.162.